The molecule has 2 amide bonds. The van der Waals surface area contributed by atoms with Crippen LogP contribution in [0.2, 0.25) is 5.02 Å². The van der Waals surface area contributed by atoms with E-state index in [2.05, 4.69) is 10.3 Å². The van der Waals surface area contributed by atoms with Crippen molar-refractivity contribution >= 4 is 46.0 Å². The van der Waals surface area contributed by atoms with Gasteiger partial charge < -0.3 is 5.32 Å². The Balaban J connectivity index is 2.11. The Morgan fingerprint density at radius 1 is 1.14 bits per heavy atom. The van der Waals surface area contributed by atoms with Gasteiger partial charge in [-0.3, -0.25) is 23.9 Å². The van der Waals surface area contributed by atoms with Gasteiger partial charge in [0, 0.05) is 14.0 Å². The average molecular weight is 399 g/mol. The summed E-state index contributed by atoms with van der Waals surface area (Å²) in [5.41, 5.74) is 0.921. The first kappa shape index (κ1) is 19.6. The van der Waals surface area contributed by atoms with E-state index in [0.717, 1.165) is 0 Å². The highest BCUT2D eigenvalue weighted by atomic mass is 35.5. The van der Waals surface area contributed by atoms with Gasteiger partial charge in [-0.2, -0.15) is 0 Å². The number of carbonyl (C=O) groups is 2. The van der Waals surface area contributed by atoms with Crippen LogP contribution in [0.4, 0.5) is 11.5 Å². The second kappa shape index (κ2) is 7.82. The number of fused-ring (bicyclic) bond motifs is 1. The predicted octanol–water partition coefficient (Wildman–Crippen LogP) is 3.23. The number of benzene rings is 2. The summed E-state index contributed by atoms with van der Waals surface area (Å²) in [5, 5.41) is 3.14. The molecule has 1 atom stereocenters. The standard InChI is InChI=1S/C20H19ClN4O3/c1-12(19(27)23-15-9-5-4-8-14(15)21)25-17-11-7-6-10-16(17)22-18(20(25)28)24(3)13(2)26/h4-12H,1-3H3,(H,23,27). The van der Waals surface area contributed by atoms with Gasteiger partial charge in [0.15, 0.2) is 0 Å². The van der Waals surface area contributed by atoms with E-state index in [1.54, 1.807) is 55.5 Å². The second-order valence-electron chi connectivity index (χ2n) is 6.32. The maximum Gasteiger partial charge on any atom is 0.295 e. The van der Waals surface area contributed by atoms with E-state index in [1.165, 1.54) is 23.4 Å². The molecule has 0 aliphatic heterocycles. The normalized spacial score (nSPS) is 11.9. The largest absolute Gasteiger partial charge is 0.323 e. The van der Waals surface area contributed by atoms with Crippen LogP contribution in [-0.4, -0.2) is 28.4 Å². The molecule has 1 aromatic heterocycles. The lowest BCUT2D eigenvalue weighted by Crippen LogP contribution is -2.37. The maximum atomic E-state index is 13.1. The van der Waals surface area contributed by atoms with Gasteiger partial charge >= 0.3 is 0 Å². The molecule has 1 heterocycles. The lowest BCUT2D eigenvalue weighted by molar-refractivity contribution is -0.118. The number of hydrogen-bond donors (Lipinski definition) is 1. The molecule has 0 spiro atoms. The van der Waals surface area contributed by atoms with Crippen LogP contribution in [0.1, 0.15) is 19.9 Å². The van der Waals surface area contributed by atoms with E-state index < -0.39 is 17.5 Å². The van der Waals surface area contributed by atoms with Crippen LogP contribution < -0.4 is 15.8 Å². The molecule has 3 aromatic rings. The quantitative estimate of drug-likeness (QED) is 0.731. The van der Waals surface area contributed by atoms with Crippen molar-refractivity contribution in [1.82, 2.24) is 9.55 Å². The fraction of sp³-hybridized carbons (Fsp3) is 0.200. The Bertz CT molecular complexity index is 1130. The number of nitrogens with zero attached hydrogens (tertiary/aromatic N) is 3. The topological polar surface area (TPSA) is 84.3 Å². The molecule has 0 aliphatic carbocycles. The molecule has 28 heavy (non-hydrogen) atoms. The molecule has 8 heteroatoms. The summed E-state index contributed by atoms with van der Waals surface area (Å²) in [5.74, 6) is -0.786. The van der Waals surface area contributed by atoms with Crippen molar-refractivity contribution in [3.8, 4) is 0 Å². The third-order valence-corrected chi connectivity index (χ3v) is 4.80. The summed E-state index contributed by atoms with van der Waals surface area (Å²) >= 11 is 6.11. The van der Waals surface area contributed by atoms with Gasteiger partial charge in [-0.15, -0.1) is 0 Å². The minimum atomic E-state index is -0.865. The summed E-state index contributed by atoms with van der Waals surface area (Å²) in [7, 11) is 1.47. The first-order valence-corrected chi connectivity index (χ1v) is 9.00. The highest BCUT2D eigenvalue weighted by molar-refractivity contribution is 6.33. The van der Waals surface area contributed by atoms with Crippen LogP contribution >= 0.6 is 11.6 Å². The Morgan fingerprint density at radius 2 is 1.79 bits per heavy atom. The highest BCUT2D eigenvalue weighted by Crippen LogP contribution is 2.23. The number of para-hydroxylation sites is 3. The van der Waals surface area contributed by atoms with E-state index in [1.807, 2.05) is 0 Å². The molecule has 3 rings (SSSR count). The van der Waals surface area contributed by atoms with Gasteiger partial charge in [0.2, 0.25) is 17.6 Å². The molecule has 0 saturated heterocycles. The minimum Gasteiger partial charge on any atom is -0.323 e. The number of anilines is 2. The van der Waals surface area contributed by atoms with Crippen LogP contribution in [0.5, 0.6) is 0 Å². The molecule has 2 aromatic carbocycles. The number of carbonyl (C=O) groups excluding carboxylic acids is 2. The Hall–Kier alpha value is -3.19. The number of nitrogens with one attached hydrogen (secondary N) is 1. The van der Waals surface area contributed by atoms with Gasteiger partial charge in [-0.05, 0) is 31.2 Å². The molecular formula is C20H19ClN4O3. The zero-order valence-corrected chi connectivity index (χ0v) is 16.4. The van der Waals surface area contributed by atoms with Crippen LogP contribution in [-0.2, 0) is 9.59 Å². The molecule has 0 fully saturated rings. The Labute approximate surface area is 166 Å². The summed E-state index contributed by atoms with van der Waals surface area (Å²) in [6, 6.07) is 12.9. The molecule has 1 N–H and O–H groups in total. The monoisotopic (exact) mass is 398 g/mol. The van der Waals surface area contributed by atoms with E-state index in [4.69, 9.17) is 11.6 Å². The molecule has 7 nitrogen and oxygen atoms in total. The van der Waals surface area contributed by atoms with E-state index in [-0.39, 0.29) is 11.7 Å². The van der Waals surface area contributed by atoms with Crippen molar-refractivity contribution in [2.24, 2.45) is 0 Å². The third-order valence-electron chi connectivity index (χ3n) is 4.47. The molecule has 0 saturated carbocycles. The fourth-order valence-electron chi connectivity index (χ4n) is 2.81. The maximum absolute atomic E-state index is 13.1. The van der Waals surface area contributed by atoms with Crippen LogP contribution in [0.15, 0.2) is 53.3 Å². The van der Waals surface area contributed by atoms with Crippen molar-refractivity contribution < 1.29 is 9.59 Å². The van der Waals surface area contributed by atoms with Gasteiger partial charge in [-0.1, -0.05) is 35.9 Å². The Kier molecular flexibility index (Phi) is 5.46. The van der Waals surface area contributed by atoms with Crippen molar-refractivity contribution in [1.29, 1.82) is 0 Å². The molecule has 0 aliphatic rings. The second-order valence-corrected chi connectivity index (χ2v) is 6.73. The summed E-state index contributed by atoms with van der Waals surface area (Å²) in [6.45, 7) is 2.95. The number of rotatable bonds is 4. The van der Waals surface area contributed by atoms with Crippen molar-refractivity contribution in [3.63, 3.8) is 0 Å². The van der Waals surface area contributed by atoms with E-state index >= 15 is 0 Å². The molecule has 0 bridgehead atoms. The number of amides is 2. The molecule has 1 unspecified atom stereocenters. The lowest BCUT2D eigenvalue weighted by atomic mass is 10.2. The number of hydrogen-bond acceptors (Lipinski definition) is 4. The molecule has 0 radical (unpaired) electrons. The minimum absolute atomic E-state index is 0.0383. The first-order chi connectivity index (χ1) is 13.3. The van der Waals surface area contributed by atoms with E-state index in [0.29, 0.717) is 21.7 Å². The summed E-state index contributed by atoms with van der Waals surface area (Å²) in [6.07, 6.45) is 0. The molecule has 144 valence electrons. The van der Waals surface area contributed by atoms with Gasteiger partial charge in [0.05, 0.1) is 21.7 Å². The molecular weight excluding hydrogens is 380 g/mol. The zero-order valence-electron chi connectivity index (χ0n) is 15.6. The third kappa shape index (κ3) is 3.61. The highest BCUT2D eigenvalue weighted by Gasteiger charge is 2.24. The average Bonchev–Trinajstić information content (AvgIpc) is 2.68. The van der Waals surface area contributed by atoms with Crippen molar-refractivity contribution in [2.75, 3.05) is 17.3 Å². The number of halogens is 1. The first-order valence-electron chi connectivity index (χ1n) is 8.62. The van der Waals surface area contributed by atoms with Crippen LogP contribution in [0, 0.1) is 0 Å². The van der Waals surface area contributed by atoms with Crippen LogP contribution in [0.25, 0.3) is 11.0 Å². The van der Waals surface area contributed by atoms with Crippen molar-refractivity contribution in [3.05, 3.63) is 63.9 Å². The fourth-order valence-corrected chi connectivity index (χ4v) is 2.99. The van der Waals surface area contributed by atoms with Gasteiger partial charge in [0.1, 0.15) is 6.04 Å². The lowest BCUT2D eigenvalue weighted by Gasteiger charge is -2.21. The number of aromatic nitrogens is 2. The van der Waals surface area contributed by atoms with Gasteiger partial charge in [0.25, 0.3) is 5.56 Å². The van der Waals surface area contributed by atoms with Crippen molar-refractivity contribution in [2.45, 2.75) is 19.9 Å². The van der Waals surface area contributed by atoms with Crippen LogP contribution in [0.3, 0.4) is 0 Å². The SMILES string of the molecule is CC(=O)N(C)c1nc2ccccc2n(C(C)C(=O)Nc2ccccc2Cl)c1=O. The van der Waals surface area contributed by atoms with Gasteiger partial charge in [-0.25, -0.2) is 4.98 Å². The summed E-state index contributed by atoms with van der Waals surface area (Å²) in [4.78, 5) is 43.2. The predicted molar refractivity (Wildman–Crippen MR) is 110 cm³/mol. The smallest absolute Gasteiger partial charge is 0.295 e. The summed E-state index contributed by atoms with van der Waals surface area (Å²) < 4.78 is 1.34. The Morgan fingerprint density at radius 3 is 2.46 bits per heavy atom. The van der Waals surface area contributed by atoms with E-state index in [9.17, 15) is 14.4 Å². The zero-order chi connectivity index (χ0) is 20.4.